The first-order valence-corrected chi connectivity index (χ1v) is 7.66. The predicted octanol–water partition coefficient (Wildman–Crippen LogP) is 5.32. The zero-order chi connectivity index (χ0) is 12.6. The number of halogens is 3. The van der Waals surface area contributed by atoms with Gasteiger partial charge in [0.15, 0.2) is 0 Å². The van der Waals surface area contributed by atoms with Gasteiger partial charge in [0.05, 0.1) is 0 Å². The summed E-state index contributed by atoms with van der Waals surface area (Å²) < 4.78 is 1.85. The molecular formula is C12H9Br2ClOS. The Balaban J connectivity index is 2.39. The zero-order valence-corrected chi connectivity index (χ0v) is 13.6. The van der Waals surface area contributed by atoms with Crippen LogP contribution in [0, 0.1) is 6.92 Å². The Morgan fingerprint density at radius 1 is 1.24 bits per heavy atom. The SMILES string of the molecule is Cc1sc(C(O)c2ccc(Cl)cc2Br)cc1Br. The van der Waals surface area contributed by atoms with Crippen LogP contribution in [0.3, 0.4) is 0 Å². The lowest BCUT2D eigenvalue weighted by molar-refractivity contribution is 0.223. The molecular weight excluding hydrogens is 387 g/mol. The fourth-order valence-corrected chi connectivity index (χ4v) is 3.96. The lowest BCUT2D eigenvalue weighted by Gasteiger charge is -2.11. The van der Waals surface area contributed by atoms with Crippen molar-refractivity contribution in [3.8, 4) is 0 Å². The molecule has 0 radical (unpaired) electrons. The summed E-state index contributed by atoms with van der Waals surface area (Å²) in [4.78, 5) is 2.07. The average molecular weight is 397 g/mol. The van der Waals surface area contributed by atoms with Crippen molar-refractivity contribution in [1.29, 1.82) is 0 Å². The number of aliphatic hydroxyl groups excluding tert-OH is 1. The maximum Gasteiger partial charge on any atom is 0.114 e. The molecule has 0 fully saturated rings. The lowest BCUT2D eigenvalue weighted by atomic mass is 10.1. The first kappa shape index (κ1) is 13.6. The molecule has 1 atom stereocenters. The van der Waals surface area contributed by atoms with Crippen LogP contribution in [0.4, 0.5) is 0 Å². The third kappa shape index (κ3) is 2.93. The summed E-state index contributed by atoms with van der Waals surface area (Å²) in [5.41, 5.74) is 0.822. The molecule has 0 spiro atoms. The Labute approximate surface area is 126 Å². The number of benzene rings is 1. The summed E-state index contributed by atoms with van der Waals surface area (Å²) in [5.74, 6) is 0. The van der Waals surface area contributed by atoms with Gasteiger partial charge in [-0.25, -0.2) is 0 Å². The van der Waals surface area contributed by atoms with Gasteiger partial charge in [0.25, 0.3) is 0 Å². The Hall–Kier alpha value is 0.130. The van der Waals surface area contributed by atoms with Crippen LogP contribution >= 0.6 is 54.8 Å². The summed E-state index contributed by atoms with van der Waals surface area (Å²) in [7, 11) is 0. The number of thiophene rings is 1. The summed E-state index contributed by atoms with van der Waals surface area (Å²) in [6.07, 6.45) is -0.628. The lowest BCUT2D eigenvalue weighted by Crippen LogP contribution is -1.97. The van der Waals surface area contributed by atoms with Crippen molar-refractivity contribution in [2.24, 2.45) is 0 Å². The molecule has 0 bridgehead atoms. The molecule has 0 saturated heterocycles. The molecule has 0 aliphatic heterocycles. The third-order valence-corrected chi connectivity index (χ3v) is 5.51. The van der Waals surface area contributed by atoms with Gasteiger partial charge >= 0.3 is 0 Å². The molecule has 1 aromatic heterocycles. The summed E-state index contributed by atoms with van der Waals surface area (Å²) in [6, 6.07) is 7.35. The molecule has 17 heavy (non-hydrogen) atoms. The zero-order valence-electron chi connectivity index (χ0n) is 8.88. The van der Waals surface area contributed by atoms with Gasteiger partial charge in [-0.15, -0.1) is 11.3 Å². The highest BCUT2D eigenvalue weighted by Gasteiger charge is 2.17. The average Bonchev–Trinajstić information content (AvgIpc) is 2.58. The largest absolute Gasteiger partial charge is 0.383 e. The first-order chi connectivity index (χ1) is 7.99. The van der Waals surface area contributed by atoms with E-state index < -0.39 is 6.10 Å². The van der Waals surface area contributed by atoms with E-state index >= 15 is 0 Å². The number of hydrogen-bond acceptors (Lipinski definition) is 2. The molecule has 1 heterocycles. The molecule has 1 N–H and O–H groups in total. The molecule has 2 rings (SSSR count). The van der Waals surface area contributed by atoms with Crippen LogP contribution in [0.25, 0.3) is 0 Å². The van der Waals surface area contributed by atoms with E-state index in [0.29, 0.717) is 5.02 Å². The molecule has 1 nitrogen and oxygen atoms in total. The van der Waals surface area contributed by atoms with Crippen LogP contribution in [-0.4, -0.2) is 5.11 Å². The van der Waals surface area contributed by atoms with Crippen molar-refractivity contribution in [3.05, 3.63) is 53.6 Å². The van der Waals surface area contributed by atoms with Crippen molar-refractivity contribution >= 4 is 54.8 Å². The smallest absolute Gasteiger partial charge is 0.114 e. The van der Waals surface area contributed by atoms with Crippen molar-refractivity contribution in [2.75, 3.05) is 0 Å². The highest BCUT2D eigenvalue weighted by atomic mass is 79.9. The predicted molar refractivity (Wildman–Crippen MR) is 80.0 cm³/mol. The van der Waals surface area contributed by atoms with Crippen LogP contribution in [-0.2, 0) is 0 Å². The van der Waals surface area contributed by atoms with Gasteiger partial charge in [0.1, 0.15) is 6.10 Å². The normalized spacial score (nSPS) is 12.8. The molecule has 0 aliphatic rings. The fraction of sp³-hybridized carbons (Fsp3) is 0.167. The molecule has 2 aromatic rings. The molecule has 5 heteroatoms. The minimum Gasteiger partial charge on any atom is -0.383 e. The van der Waals surface area contributed by atoms with Crippen molar-refractivity contribution in [1.82, 2.24) is 0 Å². The third-order valence-electron chi connectivity index (χ3n) is 2.40. The second-order valence-electron chi connectivity index (χ2n) is 3.62. The Bertz CT molecular complexity index is 534. The van der Waals surface area contributed by atoms with Crippen LogP contribution in [0.2, 0.25) is 5.02 Å². The number of aliphatic hydroxyl groups is 1. The van der Waals surface area contributed by atoms with E-state index in [-0.39, 0.29) is 0 Å². The molecule has 1 unspecified atom stereocenters. The van der Waals surface area contributed by atoms with Gasteiger partial charge < -0.3 is 5.11 Å². The van der Waals surface area contributed by atoms with E-state index in [9.17, 15) is 5.11 Å². The molecule has 90 valence electrons. The maximum absolute atomic E-state index is 10.3. The number of hydrogen-bond donors (Lipinski definition) is 1. The van der Waals surface area contributed by atoms with Gasteiger partial charge in [0, 0.05) is 29.3 Å². The van der Waals surface area contributed by atoms with Gasteiger partial charge in [-0.2, -0.15) is 0 Å². The Morgan fingerprint density at radius 2 is 1.94 bits per heavy atom. The maximum atomic E-state index is 10.3. The monoisotopic (exact) mass is 394 g/mol. The summed E-state index contributed by atoms with van der Waals surface area (Å²) in [5, 5.41) is 11.0. The summed E-state index contributed by atoms with van der Waals surface area (Å²) >= 11 is 14.3. The van der Waals surface area contributed by atoms with Crippen LogP contribution in [0.15, 0.2) is 33.2 Å². The molecule has 0 amide bonds. The van der Waals surface area contributed by atoms with Crippen LogP contribution in [0.5, 0.6) is 0 Å². The van der Waals surface area contributed by atoms with Crippen molar-refractivity contribution in [3.63, 3.8) is 0 Å². The molecule has 0 aliphatic carbocycles. The first-order valence-electron chi connectivity index (χ1n) is 4.88. The van der Waals surface area contributed by atoms with Gasteiger partial charge in [0.2, 0.25) is 0 Å². The highest BCUT2D eigenvalue weighted by molar-refractivity contribution is 9.10. The van der Waals surface area contributed by atoms with Crippen molar-refractivity contribution in [2.45, 2.75) is 13.0 Å². The van der Waals surface area contributed by atoms with Gasteiger partial charge in [-0.05, 0) is 41.1 Å². The van der Waals surface area contributed by atoms with E-state index in [1.54, 1.807) is 23.5 Å². The van der Waals surface area contributed by atoms with Crippen molar-refractivity contribution < 1.29 is 5.11 Å². The Morgan fingerprint density at radius 3 is 2.47 bits per heavy atom. The van der Waals surface area contributed by atoms with Crippen LogP contribution < -0.4 is 0 Å². The minimum absolute atomic E-state index is 0.628. The second-order valence-corrected chi connectivity index (χ2v) is 7.05. The summed E-state index contributed by atoms with van der Waals surface area (Å²) in [6.45, 7) is 2.02. The van der Waals surface area contributed by atoms with E-state index in [2.05, 4.69) is 31.9 Å². The van der Waals surface area contributed by atoms with E-state index in [1.807, 2.05) is 19.1 Å². The standard InChI is InChI=1S/C12H9Br2ClOS/c1-6-9(13)5-11(17-6)12(16)8-3-2-7(15)4-10(8)14/h2-5,12,16H,1H3. The molecule has 1 aromatic carbocycles. The number of rotatable bonds is 2. The topological polar surface area (TPSA) is 20.2 Å². The molecule has 0 saturated carbocycles. The van der Waals surface area contributed by atoms with Crippen LogP contribution in [0.1, 0.15) is 21.4 Å². The van der Waals surface area contributed by atoms with Gasteiger partial charge in [-0.1, -0.05) is 33.6 Å². The minimum atomic E-state index is -0.628. The van der Waals surface area contributed by atoms with E-state index in [1.165, 1.54) is 0 Å². The fourth-order valence-electron chi connectivity index (χ4n) is 1.49. The van der Waals surface area contributed by atoms with Gasteiger partial charge in [-0.3, -0.25) is 0 Å². The van der Waals surface area contributed by atoms with E-state index in [4.69, 9.17) is 11.6 Å². The Kier molecular flexibility index (Phi) is 4.31. The number of aryl methyl sites for hydroxylation is 1. The quantitative estimate of drug-likeness (QED) is 0.729. The second kappa shape index (κ2) is 5.41. The van der Waals surface area contributed by atoms with E-state index in [0.717, 1.165) is 24.3 Å². The highest BCUT2D eigenvalue weighted by Crippen LogP contribution is 2.36.